The lowest BCUT2D eigenvalue weighted by Gasteiger charge is -2.07. The average molecular weight is 326 g/mol. The maximum absolute atomic E-state index is 12.0. The zero-order chi connectivity index (χ0) is 13.1. The number of rotatable bonds is 2. The minimum absolute atomic E-state index is 0.244. The summed E-state index contributed by atoms with van der Waals surface area (Å²) in [5.74, 6) is -0.244. The van der Waals surface area contributed by atoms with Gasteiger partial charge in [0.05, 0.1) is 5.02 Å². The first-order valence-corrected chi connectivity index (χ1v) is 6.43. The largest absolute Gasteiger partial charge is 0.321 e. The van der Waals surface area contributed by atoms with Gasteiger partial charge in [0.2, 0.25) is 0 Å². The van der Waals surface area contributed by atoms with Gasteiger partial charge >= 0.3 is 0 Å². The van der Waals surface area contributed by atoms with Gasteiger partial charge in [0.15, 0.2) is 0 Å². The van der Waals surface area contributed by atoms with Gasteiger partial charge in [0.25, 0.3) is 5.91 Å². The number of amides is 1. The zero-order valence-corrected chi connectivity index (χ0v) is 11.9. The number of anilines is 1. The van der Waals surface area contributed by atoms with Gasteiger partial charge in [-0.2, -0.15) is 0 Å². The van der Waals surface area contributed by atoms with Gasteiger partial charge in [-0.15, -0.1) is 0 Å². The topological polar surface area (TPSA) is 42.0 Å². The number of benzene rings is 1. The Balaban J connectivity index is 2.22. The van der Waals surface area contributed by atoms with Crippen LogP contribution in [-0.2, 0) is 0 Å². The second-order valence-corrected chi connectivity index (χ2v) is 5.01. The van der Waals surface area contributed by atoms with E-state index in [2.05, 4.69) is 26.2 Å². The number of carbonyl (C=O) groups is 1. The van der Waals surface area contributed by atoms with Crippen LogP contribution in [0.1, 0.15) is 16.1 Å². The van der Waals surface area contributed by atoms with Crippen LogP contribution in [0, 0.1) is 6.92 Å². The van der Waals surface area contributed by atoms with Crippen molar-refractivity contribution in [2.45, 2.75) is 6.92 Å². The summed E-state index contributed by atoms with van der Waals surface area (Å²) >= 11 is 9.26. The minimum atomic E-state index is -0.244. The van der Waals surface area contributed by atoms with E-state index in [1.165, 1.54) is 0 Å². The first kappa shape index (κ1) is 13.1. The lowest BCUT2D eigenvalue weighted by Crippen LogP contribution is -2.15. The number of pyridine rings is 1. The quantitative estimate of drug-likeness (QED) is 0.905. The highest BCUT2D eigenvalue weighted by molar-refractivity contribution is 9.10. The summed E-state index contributed by atoms with van der Waals surface area (Å²) in [6.07, 6.45) is 1.59. The van der Waals surface area contributed by atoms with E-state index >= 15 is 0 Å². The molecule has 0 aliphatic rings. The highest BCUT2D eigenvalue weighted by Gasteiger charge is 2.10. The molecule has 1 N–H and O–H groups in total. The molecule has 0 aliphatic heterocycles. The van der Waals surface area contributed by atoms with E-state index in [-0.39, 0.29) is 5.91 Å². The van der Waals surface area contributed by atoms with E-state index in [1.54, 1.807) is 30.5 Å². The number of nitrogens with one attached hydrogen (secondary N) is 1. The Bertz CT molecular complexity index is 601. The molecular weight excluding hydrogens is 316 g/mol. The van der Waals surface area contributed by atoms with Crippen molar-refractivity contribution in [1.29, 1.82) is 0 Å². The maximum Gasteiger partial charge on any atom is 0.274 e. The number of hydrogen-bond acceptors (Lipinski definition) is 2. The van der Waals surface area contributed by atoms with Crippen LogP contribution < -0.4 is 5.32 Å². The molecule has 0 spiro atoms. The van der Waals surface area contributed by atoms with Gasteiger partial charge in [-0.3, -0.25) is 9.78 Å². The number of aryl methyl sites for hydroxylation is 1. The molecule has 0 saturated heterocycles. The molecule has 0 unspecified atom stereocenters. The molecule has 2 aromatic rings. The third kappa shape index (κ3) is 2.89. The second-order valence-electron chi connectivity index (χ2n) is 3.75. The van der Waals surface area contributed by atoms with Crippen molar-refractivity contribution in [3.8, 4) is 0 Å². The smallest absolute Gasteiger partial charge is 0.274 e. The number of aromatic nitrogens is 1. The number of hydrogen-bond donors (Lipinski definition) is 1. The van der Waals surface area contributed by atoms with Crippen LogP contribution in [-0.4, -0.2) is 10.9 Å². The van der Waals surface area contributed by atoms with E-state index in [4.69, 9.17) is 11.6 Å². The molecular formula is C13H10BrClN2O. The van der Waals surface area contributed by atoms with Gasteiger partial charge in [0, 0.05) is 16.4 Å². The van der Waals surface area contributed by atoms with Gasteiger partial charge < -0.3 is 5.32 Å². The van der Waals surface area contributed by atoms with Crippen LogP contribution in [0.3, 0.4) is 0 Å². The molecule has 1 heterocycles. The number of halogens is 2. The Hall–Kier alpha value is -1.39. The summed E-state index contributed by atoms with van der Waals surface area (Å²) in [5.41, 5.74) is 1.88. The van der Waals surface area contributed by atoms with Gasteiger partial charge in [-0.1, -0.05) is 17.7 Å². The number of carbonyl (C=O) groups excluding carboxylic acids is 1. The van der Waals surface area contributed by atoms with Gasteiger partial charge in [-0.25, -0.2) is 0 Å². The molecule has 1 amide bonds. The average Bonchev–Trinajstić information content (AvgIpc) is 2.34. The molecule has 92 valence electrons. The molecule has 0 bridgehead atoms. The standard InChI is InChI=1S/C13H10BrClN2O/c1-8-3-2-6-16-12(8)13(18)17-9-4-5-10(14)11(15)7-9/h2-7H,1H3,(H,17,18). The molecule has 1 aromatic carbocycles. The Morgan fingerprint density at radius 2 is 2.17 bits per heavy atom. The highest BCUT2D eigenvalue weighted by Crippen LogP contribution is 2.25. The van der Waals surface area contributed by atoms with Crippen molar-refractivity contribution in [2.75, 3.05) is 5.32 Å². The summed E-state index contributed by atoms with van der Waals surface area (Å²) < 4.78 is 0.788. The third-order valence-corrected chi connectivity index (χ3v) is 3.63. The lowest BCUT2D eigenvalue weighted by molar-refractivity contribution is 0.102. The van der Waals surface area contributed by atoms with E-state index in [9.17, 15) is 4.79 Å². The molecule has 0 atom stereocenters. The first-order chi connectivity index (χ1) is 8.58. The predicted molar refractivity (Wildman–Crippen MR) is 76.1 cm³/mol. The molecule has 0 radical (unpaired) electrons. The molecule has 18 heavy (non-hydrogen) atoms. The fourth-order valence-electron chi connectivity index (χ4n) is 1.49. The minimum Gasteiger partial charge on any atom is -0.321 e. The van der Waals surface area contributed by atoms with Crippen LogP contribution in [0.4, 0.5) is 5.69 Å². The lowest BCUT2D eigenvalue weighted by atomic mass is 10.2. The Labute approximate surface area is 118 Å². The first-order valence-electron chi connectivity index (χ1n) is 5.26. The molecule has 5 heteroatoms. The van der Waals surface area contributed by atoms with Gasteiger partial charge in [0.1, 0.15) is 5.69 Å². The molecule has 1 aromatic heterocycles. The zero-order valence-electron chi connectivity index (χ0n) is 9.58. The van der Waals surface area contributed by atoms with Crippen molar-refractivity contribution in [3.63, 3.8) is 0 Å². The third-order valence-electron chi connectivity index (χ3n) is 2.40. The molecule has 2 rings (SSSR count). The highest BCUT2D eigenvalue weighted by atomic mass is 79.9. The van der Waals surface area contributed by atoms with Crippen molar-refractivity contribution < 1.29 is 4.79 Å². The molecule has 0 saturated carbocycles. The summed E-state index contributed by atoms with van der Waals surface area (Å²) in [7, 11) is 0. The number of nitrogens with zero attached hydrogens (tertiary/aromatic N) is 1. The summed E-state index contributed by atoms with van der Waals surface area (Å²) in [4.78, 5) is 16.1. The fourth-order valence-corrected chi connectivity index (χ4v) is 1.91. The van der Waals surface area contributed by atoms with Crippen LogP contribution in [0.15, 0.2) is 41.0 Å². The Morgan fingerprint density at radius 1 is 1.39 bits per heavy atom. The summed E-state index contributed by atoms with van der Waals surface area (Å²) in [6, 6.07) is 8.87. The van der Waals surface area contributed by atoms with Crippen LogP contribution in [0.2, 0.25) is 5.02 Å². The van der Waals surface area contributed by atoms with Crippen LogP contribution in [0.5, 0.6) is 0 Å². The van der Waals surface area contributed by atoms with Crippen LogP contribution >= 0.6 is 27.5 Å². The molecule has 0 fully saturated rings. The Morgan fingerprint density at radius 3 is 2.83 bits per heavy atom. The molecule has 3 nitrogen and oxygen atoms in total. The molecule has 0 aliphatic carbocycles. The maximum atomic E-state index is 12.0. The SMILES string of the molecule is Cc1cccnc1C(=O)Nc1ccc(Br)c(Cl)c1. The van der Waals surface area contributed by atoms with Crippen LogP contribution in [0.25, 0.3) is 0 Å². The van der Waals surface area contributed by atoms with E-state index in [1.807, 2.05) is 13.0 Å². The van der Waals surface area contributed by atoms with E-state index in [0.29, 0.717) is 16.4 Å². The van der Waals surface area contributed by atoms with Crippen molar-refractivity contribution >= 4 is 39.1 Å². The second kappa shape index (κ2) is 5.50. The van der Waals surface area contributed by atoms with Crippen molar-refractivity contribution in [2.24, 2.45) is 0 Å². The van der Waals surface area contributed by atoms with E-state index < -0.39 is 0 Å². The van der Waals surface area contributed by atoms with Crippen molar-refractivity contribution in [1.82, 2.24) is 4.98 Å². The Kier molecular flexibility index (Phi) is 3.99. The van der Waals surface area contributed by atoms with Crippen molar-refractivity contribution in [3.05, 3.63) is 57.3 Å². The normalized spacial score (nSPS) is 10.2. The summed E-state index contributed by atoms with van der Waals surface area (Å²) in [6.45, 7) is 1.84. The monoisotopic (exact) mass is 324 g/mol. The van der Waals surface area contributed by atoms with E-state index in [0.717, 1.165) is 10.0 Å². The summed E-state index contributed by atoms with van der Waals surface area (Å²) in [5, 5.41) is 3.31. The predicted octanol–water partition coefficient (Wildman–Crippen LogP) is 4.06. The van der Waals surface area contributed by atoms with Gasteiger partial charge in [-0.05, 0) is 52.7 Å². The fraction of sp³-hybridized carbons (Fsp3) is 0.0769.